The van der Waals surface area contributed by atoms with E-state index in [1.807, 2.05) is 37.3 Å². The van der Waals surface area contributed by atoms with Crippen LogP contribution in [0.4, 0.5) is 0 Å². The topological polar surface area (TPSA) is 40.5 Å². The smallest absolute Gasteiger partial charge is 0.136 e. The maximum Gasteiger partial charge on any atom is 0.136 e. The van der Waals surface area contributed by atoms with E-state index in [-0.39, 0.29) is 11.1 Å². The van der Waals surface area contributed by atoms with Crippen molar-refractivity contribution in [1.82, 2.24) is 4.90 Å². The highest BCUT2D eigenvalue weighted by Gasteiger charge is 2.47. The van der Waals surface area contributed by atoms with E-state index in [4.69, 9.17) is 0 Å². The summed E-state index contributed by atoms with van der Waals surface area (Å²) in [5.41, 5.74) is -0.501. The third kappa shape index (κ3) is 3.35. The number of ketones is 1. The number of piperidine rings is 1. The number of hydrogen-bond acceptors (Lipinski definition) is 3. The molecule has 0 spiro atoms. The van der Waals surface area contributed by atoms with Crippen LogP contribution >= 0.6 is 0 Å². The van der Waals surface area contributed by atoms with E-state index >= 15 is 0 Å². The van der Waals surface area contributed by atoms with Crippen LogP contribution in [0.3, 0.4) is 0 Å². The highest BCUT2D eigenvalue weighted by molar-refractivity contribution is 5.81. The van der Waals surface area contributed by atoms with Crippen molar-refractivity contribution >= 4 is 5.78 Å². The molecule has 1 heterocycles. The summed E-state index contributed by atoms with van der Waals surface area (Å²) in [6, 6.07) is 9.75. The van der Waals surface area contributed by atoms with Crippen molar-refractivity contribution in [1.29, 1.82) is 0 Å². The first kappa shape index (κ1) is 16.2. The molecular formula is C18H27NO2. The zero-order valence-electron chi connectivity index (χ0n) is 13.8. The standard InChI is InChI=1S/C18H27NO2/c1-16(2)11-15(20)12-17(3,4)19(16)13-18(5,21)14-9-7-6-8-10-14/h6-10,21H,11-13H2,1-5H3. The summed E-state index contributed by atoms with van der Waals surface area (Å²) >= 11 is 0. The third-order valence-electron chi connectivity index (χ3n) is 4.58. The second kappa shape index (κ2) is 5.22. The Hall–Kier alpha value is -1.19. The highest BCUT2D eigenvalue weighted by atomic mass is 16.3. The minimum atomic E-state index is -0.934. The molecule has 116 valence electrons. The molecule has 0 radical (unpaired) electrons. The number of likely N-dealkylation sites (tertiary alicyclic amines) is 1. The first-order chi connectivity index (χ1) is 9.55. The van der Waals surface area contributed by atoms with E-state index in [0.717, 1.165) is 5.56 Å². The minimum absolute atomic E-state index is 0.238. The molecule has 3 heteroatoms. The third-order valence-corrected chi connectivity index (χ3v) is 4.58. The second-order valence-electron chi connectivity index (χ2n) is 7.74. The number of Topliss-reactive ketones (excluding diaryl/α,β-unsaturated/α-hetero) is 1. The van der Waals surface area contributed by atoms with Gasteiger partial charge >= 0.3 is 0 Å². The molecule has 1 N–H and O–H groups in total. The van der Waals surface area contributed by atoms with Crippen LogP contribution in [-0.4, -0.2) is 33.4 Å². The van der Waals surface area contributed by atoms with Crippen LogP contribution in [0.25, 0.3) is 0 Å². The lowest BCUT2D eigenvalue weighted by Gasteiger charge is -2.54. The summed E-state index contributed by atoms with van der Waals surface area (Å²) in [5.74, 6) is 0.306. The number of β-amino-alcohol motifs (C(OH)–C–C–N with tert-alkyl or cyclic N) is 1. The highest BCUT2D eigenvalue weighted by Crippen LogP contribution is 2.39. The molecule has 1 atom stereocenters. The van der Waals surface area contributed by atoms with Crippen LogP contribution < -0.4 is 0 Å². The van der Waals surface area contributed by atoms with Crippen molar-refractivity contribution in [2.24, 2.45) is 0 Å². The minimum Gasteiger partial charge on any atom is -0.384 e. The maximum absolute atomic E-state index is 12.0. The number of nitrogens with zero attached hydrogens (tertiary/aromatic N) is 1. The van der Waals surface area contributed by atoms with Gasteiger partial charge in [0.25, 0.3) is 0 Å². The van der Waals surface area contributed by atoms with Gasteiger partial charge in [-0.3, -0.25) is 9.69 Å². The Morgan fingerprint density at radius 3 is 2.05 bits per heavy atom. The fraction of sp³-hybridized carbons (Fsp3) is 0.611. The SMILES string of the molecule is CC(O)(CN1C(C)(C)CC(=O)CC1(C)C)c1ccccc1. The van der Waals surface area contributed by atoms with Crippen LogP contribution in [0.15, 0.2) is 30.3 Å². The molecule has 3 nitrogen and oxygen atoms in total. The van der Waals surface area contributed by atoms with Crippen molar-refractivity contribution < 1.29 is 9.90 Å². The van der Waals surface area contributed by atoms with Crippen molar-refractivity contribution in [3.63, 3.8) is 0 Å². The Kier molecular flexibility index (Phi) is 4.02. The van der Waals surface area contributed by atoms with Gasteiger partial charge < -0.3 is 5.11 Å². The van der Waals surface area contributed by atoms with Gasteiger partial charge in [0, 0.05) is 30.5 Å². The number of hydrogen-bond donors (Lipinski definition) is 1. The summed E-state index contributed by atoms with van der Waals surface area (Å²) in [4.78, 5) is 14.3. The van der Waals surface area contributed by atoms with Gasteiger partial charge in [-0.2, -0.15) is 0 Å². The van der Waals surface area contributed by atoms with Crippen LogP contribution in [0.1, 0.15) is 53.0 Å². The van der Waals surface area contributed by atoms with E-state index in [9.17, 15) is 9.90 Å². The number of carbonyl (C=O) groups is 1. The number of benzene rings is 1. The predicted molar refractivity (Wildman–Crippen MR) is 85.1 cm³/mol. The van der Waals surface area contributed by atoms with Gasteiger partial charge in [-0.05, 0) is 40.2 Å². The van der Waals surface area contributed by atoms with E-state index in [1.165, 1.54) is 0 Å². The van der Waals surface area contributed by atoms with Crippen LogP contribution in [-0.2, 0) is 10.4 Å². The van der Waals surface area contributed by atoms with Gasteiger partial charge in [-0.15, -0.1) is 0 Å². The summed E-state index contributed by atoms with van der Waals surface area (Å²) in [7, 11) is 0. The molecule has 0 aromatic heterocycles. The molecule has 1 aromatic rings. The van der Waals surface area contributed by atoms with Crippen LogP contribution in [0.5, 0.6) is 0 Å². The predicted octanol–water partition coefficient (Wildman–Crippen LogP) is 3.12. The molecule has 1 unspecified atom stereocenters. The molecule has 0 bridgehead atoms. The average molecular weight is 289 g/mol. The van der Waals surface area contributed by atoms with E-state index in [2.05, 4.69) is 32.6 Å². The van der Waals surface area contributed by atoms with E-state index in [1.54, 1.807) is 0 Å². The van der Waals surface area contributed by atoms with Crippen LogP contribution in [0, 0.1) is 0 Å². The van der Waals surface area contributed by atoms with Crippen molar-refractivity contribution in [2.75, 3.05) is 6.54 Å². The molecular weight excluding hydrogens is 262 g/mol. The van der Waals surface area contributed by atoms with Crippen molar-refractivity contribution in [3.8, 4) is 0 Å². The molecule has 0 saturated carbocycles. The number of aliphatic hydroxyl groups is 1. The molecule has 1 saturated heterocycles. The summed E-state index contributed by atoms with van der Waals surface area (Å²) in [6.45, 7) is 10.7. The summed E-state index contributed by atoms with van der Waals surface area (Å²) < 4.78 is 0. The van der Waals surface area contributed by atoms with Gasteiger partial charge in [-0.25, -0.2) is 0 Å². The van der Waals surface area contributed by atoms with Crippen molar-refractivity contribution in [3.05, 3.63) is 35.9 Å². The Bertz CT molecular complexity index is 497. The Morgan fingerprint density at radius 2 is 1.57 bits per heavy atom. The maximum atomic E-state index is 12.0. The number of rotatable bonds is 3. The average Bonchev–Trinajstić information content (AvgIpc) is 2.34. The fourth-order valence-corrected chi connectivity index (χ4v) is 3.66. The lowest BCUT2D eigenvalue weighted by molar-refractivity contribution is -0.139. The zero-order chi connectivity index (χ0) is 15.9. The fourth-order valence-electron chi connectivity index (χ4n) is 3.66. The quantitative estimate of drug-likeness (QED) is 0.929. The molecule has 0 amide bonds. The molecule has 1 aliphatic rings. The molecule has 2 rings (SSSR count). The zero-order valence-corrected chi connectivity index (χ0v) is 13.8. The van der Waals surface area contributed by atoms with Gasteiger partial charge in [0.1, 0.15) is 5.78 Å². The summed E-state index contributed by atoms with van der Waals surface area (Å²) in [6.07, 6.45) is 1.09. The lowest BCUT2D eigenvalue weighted by atomic mass is 9.77. The molecule has 0 aliphatic carbocycles. The van der Waals surface area contributed by atoms with E-state index < -0.39 is 5.60 Å². The first-order valence-corrected chi connectivity index (χ1v) is 7.62. The Balaban J connectivity index is 2.30. The summed E-state index contributed by atoms with van der Waals surface area (Å²) in [5, 5.41) is 10.9. The number of carbonyl (C=O) groups excluding carboxylic acids is 1. The van der Waals surface area contributed by atoms with Gasteiger partial charge in [0.2, 0.25) is 0 Å². The second-order valence-corrected chi connectivity index (χ2v) is 7.74. The lowest BCUT2D eigenvalue weighted by Crippen LogP contribution is -2.63. The van der Waals surface area contributed by atoms with E-state index in [0.29, 0.717) is 25.2 Å². The molecule has 1 aromatic carbocycles. The molecule has 21 heavy (non-hydrogen) atoms. The van der Waals surface area contributed by atoms with Crippen LogP contribution in [0.2, 0.25) is 0 Å². The normalized spacial score (nSPS) is 24.6. The molecule has 1 aliphatic heterocycles. The molecule has 1 fully saturated rings. The Morgan fingerprint density at radius 1 is 1.10 bits per heavy atom. The Labute approximate surface area is 128 Å². The largest absolute Gasteiger partial charge is 0.384 e. The first-order valence-electron chi connectivity index (χ1n) is 7.62. The monoisotopic (exact) mass is 289 g/mol. The van der Waals surface area contributed by atoms with Gasteiger partial charge in [-0.1, -0.05) is 30.3 Å². The van der Waals surface area contributed by atoms with Crippen molar-refractivity contribution in [2.45, 2.75) is 64.1 Å². The van der Waals surface area contributed by atoms with Gasteiger partial charge in [0.05, 0.1) is 5.60 Å². The van der Waals surface area contributed by atoms with Gasteiger partial charge in [0.15, 0.2) is 0 Å².